The van der Waals surface area contributed by atoms with Gasteiger partial charge in [-0.1, -0.05) is 12.1 Å². The number of anilines is 1. The highest BCUT2D eigenvalue weighted by Gasteiger charge is 2.35. The van der Waals surface area contributed by atoms with E-state index >= 15 is 0 Å². The van der Waals surface area contributed by atoms with Crippen LogP contribution in [0.1, 0.15) is 25.3 Å². The Bertz CT molecular complexity index is 663. The number of nitrogens with zero attached hydrogens (tertiary/aromatic N) is 2. The maximum atomic E-state index is 12.7. The molecule has 1 N–H and O–H groups in total. The van der Waals surface area contributed by atoms with E-state index in [9.17, 15) is 22.8 Å². The van der Waals surface area contributed by atoms with Crippen LogP contribution < -0.4 is 10.2 Å². The molecule has 0 saturated carbocycles. The van der Waals surface area contributed by atoms with E-state index < -0.39 is 30.7 Å². The number of benzene rings is 1. The molecule has 2 rings (SSSR count). The number of nitrogens with one attached hydrogen (secondary N) is 1. The van der Waals surface area contributed by atoms with Crippen LogP contribution >= 0.6 is 0 Å². The van der Waals surface area contributed by atoms with Crippen molar-refractivity contribution in [1.82, 2.24) is 10.2 Å². The standard InChI is InChI=1S/C18H24F3N3O2/c1-12-6-4-7-14(10-12)24-9-5-8-15(17(24)26)22-16(25)13(2)23(3)11-18(19,20)21/h4,6-7,10,13,15H,5,8-9,11H2,1-3H3,(H,22,25). The number of hydrogen-bond acceptors (Lipinski definition) is 3. The average Bonchev–Trinajstić information content (AvgIpc) is 2.54. The Labute approximate surface area is 151 Å². The molecule has 2 atom stereocenters. The lowest BCUT2D eigenvalue weighted by Crippen LogP contribution is -2.56. The number of hydrogen-bond donors (Lipinski definition) is 1. The van der Waals surface area contributed by atoms with E-state index in [0.717, 1.165) is 16.2 Å². The fraction of sp³-hybridized carbons (Fsp3) is 0.556. The van der Waals surface area contributed by atoms with Crippen LogP contribution in [0.25, 0.3) is 0 Å². The molecule has 144 valence electrons. The number of aryl methyl sites for hydroxylation is 1. The van der Waals surface area contributed by atoms with E-state index in [1.807, 2.05) is 31.2 Å². The summed E-state index contributed by atoms with van der Waals surface area (Å²) in [6.45, 7) is 2.69. The summed E-state index contributed by atoms with van der Waals surface area (Å²) in [4.78, 5) is 27.5. The maximum absolute atomic E-state index is 12.7. The van der Waals surface area contributed by atoms with E-state index in [1.54, 1.807) is 4.90 Å². The highest BCUT2D eigenvalue weighted by Crippen LogP contribution is 2.22. The smallest absolute Gasteiger partial charge is 0.343 e. The Morgan fingerprint density at radius 2 is 2.12 bits per heavy atom. The minimum absolute atomic E-state index is 0.235. The third-order valence-electron chi connectivity index (χ3n) is 4.54. The molecule has 0 aromatic heterocycles. The van der Waals surface area contributed by atoms with Gasteiger partial charge >= 0.3 is 6.18 Å². The SMILES string of the molecule is Cc1cccc(N2CCCC(NC(=O)C(C)N(C)CC(F)(F)F)C2=O)c1. The first-order valence-electron chi connectivity index (χ1n) is 8.54. The molecule has 1 aliphatic heterocycles. The topological polar surface area (TPSA) is 52.7 Å². The van der Waals surface area contributed by atoms with Crippen molar-refractivity contribution in [3.05, 3.63) is 29.8 Å². The summed E-state index contributed by atoms with van der Waals surface area (Å²) in [5.74, 6) is -0.818. The third-order valence-corrected chi connectivity index (χ3v) is 4.54. The summed E-state index contributed by atoms with van der Waals surface area (Å²) < 4.78 is 37.5. The van der Waals surface area contributed by atoms with Crippen LogP contribution in [0.5, 0.6) is 0 Å². The lowest BCUT2D eigenvalue weighted by Gasteiger charge is -2.34. The molecule has 0 spiro atoms. The van der Waals surface area contributed by atoms with Gasteiger partial charge in [0.1, 0.15) is 6.04 Å². The summed E-state index contributed by atoms with van der Waals surface area (Å²) in [6, 6.07) is 5.79. The van der Waals surface area contributed by atoms with Crippen molar-refractivity contribution in [2.24, 2.45) is 0 Å². The van der Waals surface area contributed by atoms with E-state index in [0.29, 0.717) is 19.4 Å². The van der Waals surface area contributed by atoms with Gasteiger partial charge in [0.2, 0.25) is 11.8 Å². The number of carbonyl (C=O) groups is 2. The molecule has 1 saturated heterocycles. The number of alkyl halides is 3. The fourth-order valence-corrected chi connectivity index (χ4v) is 2.97. The van der Waals surface area contributed by atoms with Crippen LogP contribution in [-0.2, 0) is 9.59 Å². The Balaban J connectivity index is 2.02. The molecule has 1 heterocycles. The van der Waals surface area contributed by atoms with Gasteiger partial charge in [0.25, 0.3) is 0 Å². The van der Waals surface area contributed by atoms with E-state index in [1.165, 1.54) is 14.0 Å². The Hall–Kier alpha value is -2.09. The lowest BCUT2D eigenvalue weighted by molar-refractivity contribution is -0.151. The number of likely N-dealkylation sites (N-methyl/N-ethyl adjacent to an activating group) is 1. The average molecular weight is 371 g/mol. The van der Waals surface area contributed by atoms with Crippen molar-refractivity contribution in [1.29, 1.82) is 0 Å². The second kappa shape index (κ2) is 8.07. The summed E-state index contributed by atoms with van der Waals surface area (Å²) in [5.41, 5.74) is 1.78. The summed E-state index contributed by atoms with van der Waals surface area (Å²) in [6.07, 6.45) is -3.20. The predicted molar refractivity (Wildman–Crippen MR) is 92.8 cm³/mol. The van der Waals surface area contributed by atoms with Gasteiger partial charge < -0.3 is 10.2 Å². The predicted octanol–water partition coefficient (Wildman–Crippen LogP) is 2.49. The zero-order valence-corrected chi connectivity index (χ0v) is 15.1. The van der Waals surface area contributed by atoms with Gasteiger partial charge in [0.05, 0.1) is 12.6 Å². The fourth-order valence-electron chi connectivity index (χ4n) is 2.97. The summed E-state index contributed by atoms with van der Waals surface area (Å²) in [5, 5.41) is 2.61. The second-order valence-corrected chi connectivity index (χ2v) is 6.74. The molecule has 1 fully saturated rings. The Morgan fingerprint density at radius 1 is 1.42 bits per heavy atom. The van der Waals surface area contributed by atoms with Gasteiger partial charge in [0.15, 0.2) is 0 Å². The normalized spacial score (nSPS) is 19.6. The van der Waals surface area contributed by atoms with Crippen molar-refractivity contribution in [3.8, 4) is 0 Å². The van der Waals surface area contributed by atoms with Gasteiger partial charge in [-0.25, -0.2) is 0 Å². The van der Waals surface area contributed by atoms with E-state index in [2.05, 4.69) is 5.32 Å². The van der Waals surface area contributed by atoms with Crippen LogP contribution in [0.15, 0.2) is 24.3 Å². The maximum Gasteiger partial charge on any atom is 0.401 e. The highest BCUT2D eigenvalue weighted by atomic mass is 19.4. The molecule has 2 amide bonds. The molecule has 0 bridgehead atoms. The van der Waals surface area contributed by atoms with E-state index in [-0.39, 0.29) is 5.91 Å². The number of carbonyl (C=O) groups excluding carboxylic acids is 2. The molecular weight excluding hydrogens is 347 g/mol. The minimum Gasteiger partial charge on any atom is -0.343 e. The van der Waals surface area contributed by atoms with Gasteiger partial charge in [-0.05, 0) is 51.4 Å². The van der Waals surface area contributed by atoms with Crippen LogP contribution in [0.4, 0.5) is 18.9 Å². The van der Waals surface area contributed by atoms with Crippen LogP contribution in [0, 0.1) is 6.92 Å². The van der Waals surface area contributed by atoms with Gasteiger partial charge in [0, 0.05) is 12.2 Å². The van der Waals surface area contributed by atoms with Crippen molar-refractivity contribution >= 4 is 17.5 Å². The van der Waals surface area contributed by atoms with Crippen LogP contribution in [0.2, 0.25) is 0 Å². The van der Waals surface area contributed by atoms with E-state index in [4.69, 9.17) is 0 Å². The zero-order valence-electron chi connectivity index (χ0n) is 15.1. The van der Waals surface area contributed by atoms with Crippen LogP contribution in [-0.4, -0.2) is 55.1 Å². The molecule has 26 heavy (non-hydrogen) atoms. The second-order valence-electron chi connectivity index (χ2n) is 6.74. The van der Waals surface area contributed by atoms with Gasteiger partial charge in [-0.2, -0.15) is 13.2 Å². The largest absolute Gasteiger partial charge is 0.401 e. The third kappa shape index (κ3) is 5.20. The number of amides is 2. The number of halogens is 3. The first-order valence-corrected chi connectivity index (χ1v) is 8.54. The molecule has 1 aromatic carbocycles. The molecule has 8 heteroatoms. The van der Waals surface area contributed by atoms with Crippen molar-refractivity contribution in [3.63, 3.8) is 0 Å². The molecule has 1 aliphatic rings. The molecule has 2 unspecified atom stereocenters. The summed E-state index contributed by atoms with van der Waals surface area (Å²) >= 11 is 0. The molecule has 5 nitrogen and oxygen atoms in total. The molecular formula is C18H24F3N3O2. The van der Waals surface area contributed by atoms with Crippen molar-refractivity contribution in [2.75, 3.05) is 25.0 Å². The number of rotatable bonds is 5. The Kier molecular flexibility index (Phi) is 6.28. The first-order chi connectivity index (χ1) is 12.1. The minimum atomic E-state index is -4.38. The first kappa shape index (κ1) is 20.2. The van der Waals surface area contributed by atoms with Gasteiger partial charge in [-0.15, -0.1) is 0 Å². The number of piperidine rings is 1. The summed E-state index contributed by atoms with van der Waals surface area (Å²) in [7, 11) is 1.24. The van der Waals surface area contributed by atoms with Gasteiger partial charge in [-0.3, -0.25) is 14.5 Å². The Morgan fingerprint density at radius 3 is 2.73 bits per heavy atom. The van der Waals surface area contributed by atoms with Crippen molar-refractivity contribution < 1.29 is 22.8 Å². The lowest BCUT2D eigenvalue weighted by atomic mass is 10.0. The van der Waals surface area contributed by atoms with Crippen molar-refractivity contribution in [2.45, 2.75) is 44.9 Å². The molecule has 1 aromatic rings. The van der Waals surface area contributed by atoms with Crippen LogP contribution in [0.3, 0.4) is 0 Å². The zero-order chi connectivity index (χ0) is 19.5. The highest BCUT2D eigenvalue weighted by molar-refractivity contribution is 6.00. The monoisotopic (exact) mass is 371 g/mol. The molecule has 0 aliphatic carbocycles. The molecule has 0 radical (unpaired) electrons. The quantitative estimate of drug-likeness (QED) is 0.865.